The maximum absolute atomic E-state index is 10.8. The summed E-state index contributed by atoms with van der Waals surface area (Å²) in [7, 11) is 0. The monoisotopic (exact) mass is 201 g/mol. The number of amides is 1. The minimum absolute atomic E-state index is 0.122. The first-order chi connectivity index (χ1) is 6.83. The van der Waals surface area contributed by atoms with Gasteiger partial charge >= 0.3 is 0 Å². The van der Waals surface area contributed by atoms with Gasteiger partial charge in [-0.25, -0.2) is 0 Å². The Hall–Kier alpha value is -0.610. The SMILES string of the molecule is CCC(=O)NCCCCOCC1CO1. The van der Waals surface area contributed by atoms with E-state index in [4.69, 9.17) is 9.47 Å². The minimum atomic E-state index is 0.122. The molecule has 0 aromatic rings. The summed E-state index contributed by atoms with van der Waals surface area (Å²) in [6, 6.07) is 0. The van der Waals surface area contributed by atoms with Crippen molar-refractivity contribution in [1.82, 2.24) is 5.32 Å². The smallest absolute Gasteiger partial charge is 0.219 e. The van der Waals surface area contributed by atoms with Crippen molar-refractivity contribution in [3.05, 3.63) is 0 Å². The zero-order valence-electron chi connectivity index (χ0n) is 8.75. The van der Waals surface area contributed by atoms with Crippen LogP contribution < -0.4 is 5.32 Å². The number of hydrogen-bond donors (Lipinski definition) is 1. The molecule has 0 saturated carbocycles. The predicted octanol–water partition coefficient (Wildman–Crippen LogP) is 0.708. The maximum atomic E-state index is 10.8. The van der Waals surface area contributed by atoms with Gasteiger partial charge in [-0.05, 0) is 12.8 Å². The van der Waals surface area contributed by atoms with E-state index in [1.807, 2.05) is 6.92 Å². The molecule has 4 nitrogen and oxygen atoms in total. The second-order valence-electron chi connectivity index (χ2n) is 3.44. The molecule has 0 bridgehead atoms. The van der Waals surface area contributed by atoms with Gasteiger partial charge in [0.2, 0.25) is 5.91 Å². The highest BCUT2D eigenvalue weighted by Crippen LogP contribution is 2.08. The van der Waals surface area contributed by atoms with Crippen LogP contribution in [0.5, 0.6) is 0 Å². The highest BCUT2D eigenvalue weighted by molar-refractivity contribution is 5.75. The van der Waals surface area contributed by atoms with Crippen LogP contribution in [0.3, 0.4) is 0 Å². The molecule has 0 spiro atoms. The quantitative estimate of drug-likeness (QED) is 0.465. The van der Waals surface area contributed by atoms with E-state index >= 15 is 0 Å². The fourth-order valence-corrected chi connectivity index (χ4v) is 1.06. The lowest BCUT2D eigenvalue weighted by Gasteiger charge is -2.03. The molecular weight excluding hydrogens is 182 g/mol. The Morgan fingerprint density at radius 2 is 2.36 bits per heavy atom. The van der Waals surface area contributed by atoms with Crippen LogP contribution in [0.4, 0.5) is 0 Å². The maximum Gasteiger partial charge on any atom is 0.219 e. The molecular formula is C10H19NO3. The Kier molecular flexibility index (Phi) is 5.56. The molecule has 0 aromatic carbocycles. The van der Waals surface area contributed by atoms with Gasteiger partial charge < -0.3 is 14.8 Å². The second kappa shape index (κ2) is 6.79. The first kappa shape index (κ1) is 11.5. The van der Waals surface area contributed by atoms with Crippen LogP contribution in [0.15, 0.2) is 0 Å². The lowest BCUT2D eigenvalue weighted by molar-refractivity contribution is -0.120. The van der Waals surface area contributed by atoms with E-state index in [0.29, 0.717) is 12.5 Å². The van der Waals surface area contributed by atoms with Crippen LogP contribution in [0, 0.1) is 0 Å². The molecule has 1 unspecified atom stereocenters. The molecule has 1 aliphatic heterocycles. The normalized spacial score (nSPS) is 19.4. The third-order valence-electron chi connectivity index (χ3n) is 2.06. The molecule has 0 aromatic heterocycles. The Morgan fingerprint density at radius 3 is 3.00 bits per heavy atom. The van der Waals surface area contributed by atoms with Crippen LogP contribution in [-0.4, -0.2) is 38.4 Å². The topological polar surface area (TPSA) is 50.9 Å². The summed E-state index contributed by atoms with van der Waals surface area (Å²) in [5, 5.41) is 2.83. The molecule has 4 heteroatoms. The van der Waals surface area contributed by atoms with E-state index < -0.39 is 0 Å². The summed E-state index contributed by atoms with van der Waals surface area (Å²) in [5.41, 5.74) is 0. The van der Waals surface area contributed by atoms with Crippen molar-refractivity contribution in [2.45, 2.75) is 32.3 Å². The van der Waals surface area contributed by atoms with Gasteiger partial charge in [-0.2, -0.15) is 0 Å². The van der Waals surface area contributed by atoms with Crippen molar-refractivity contribution in [3.8, 4) is 0 Å². The number of hydrogen-bond acceptors (Lipinski definition) is 3. The largest absolute Gasteiger partial charge is 0.379 e. The third-order valence-corrected chi connectivity index (χ3v) is 2.06. The van der Waals surface area contributed by atoms with E-state index in [-0.39, 0.29) is 5.91 Å². The Bertz CT molecular complexity index is 169. The van der Waals surface area contributed by atoms with Crippen molar-refractivity contribution in [2.75, 3.05) is 26.4 Å². The average molecular weight is 201 g/mol. The second-order valence-corrected chi connectivity index (χ2v) is 3.44. The van der Waals surface area contributed by atoms with Gasteiger partial charge in [0, 0.05) is 19.6 Å². The molecule has 1 amide bonds. The Balaban J connectivity index is 1.72. The van der Waals surface area contributed by atoms with Crippen molar-refractivity contribution in [1.29, 1.82) is 0 Å². The lowest BCUT2D eigenvalue weighted by atomic mass is 10.3. The van der Waals surface area contributed by atoms with Crippen LogP contribution in [0.25, 0.3) is 0 Å². The first-order valence-electron chi connectivity index (χ1n) is 5.29. The van der Waals surface area contributed by atoms with E-state index in [9.17, 15) is 4.79 Å². The molecule has 0 radical (unpaired) electrons. The molecule has 82 valence electrons. The number of ether oxygens (including phenoxy) is 2. The first-order valence-corrected chi connectivity index (χ1v) is 5.29. The van der Waals surface area contributed by atoms with Gasteiger partial charge in [0.1, 0.15) is 6.10 Å². The summed E-state index contributed by atoms with van der Waals surface area (Å²) < 4.78 is 10.4. The highest BCUT2D eigenvalue weighted by atomic mass is 16.6. The molecule has 1 N–H and O–H groups in total. The highest BCUT2D eigenvalue weighted by Gasteiger charge is 2.21. The van der Waals surface area contributed by atoms with E-state index in [2.05, 4.69) is 5.32 Å². The number of rotatable bonds is 8. The molecule has 1 rings (SSSR count). The zero-order chi connectivity index (χ0) is 10.2. The third kappa shape index (κ3) is 5.94. The van der Waals surface area contributed by atoms with Gasteiger partial charge in [0.25, 0.3) is 0 Å². The molecule has 1 aliphatic rings. The standard InChI is InChI=1S/C10H19NO3/c1-2-10(12)11-5-3-4-6-13-7-9-8-14-9/h9H,2-8H2,1H3,(H,11,12). The van der Waals surface area contributed by atoms with Gasteiger partial charge in [-0.3, -0.25) is 4.79 Å². The van der Waals surface area contributed by atoms with Crippen LogP contribution in [0.2, 0.25) is 0 Å². The number of epoxide rings is 1. The van der Waals surface area contributed by atoms with Crippen molar-refractivity contribution < 1.29 is 14.3 Å². The molecule has 1 fully saturated rings. The minimum Gasteiger partial charge on any atom is -0.379 e. The number of carbonyl (C=O) groups excluding carboxylic acids is 1. The van der Waals surface area contributed by atoms with E-state index in [0.717, 1.165) is 39.2 Å². The number of nitrogens with one attached hydrogen (secondary N) is 1. The molecule has 1 heterocycles. The van der Waals surface area contributed by atoms with Crippen molar-refractivity contribution in [3.63, 3.8) is 0 Å². The molecule has 1 atom stereocenters. The Morgan fingerprint density at radius 1 is 1.57 bits per heavy atom. The summed E-state index contributed by atoms with van der Waals surface area (Å²) in [5.74, 6) is 0.122. The van der Waals surface area contributed by atoms with Crippen molar-refractivity contribution in [2.24, 2.45) is 0 Å². The van der Waals surface area contributed by atoms with E-state index in [1.54, 1.807) is 0 Å². The summed E-state index contributed by atoms with van der Waals surface area (Å²) in [6.45, 7) is 4.96. The molecule has 14 heavy (non-hydrogen) atoms. The van der Waals surface area contributed by atoms with Gasteiger partial charge in [-0.1, -0.05) is 6.92 Å². The van der Waals surface area contributed by atoms with Gasteiger partial charge in [-0.15, -0.1) is 0 Å². The summed E-state index contributed by atoms with van der Waals surface area (Å²) in [4.78, 5) is 10.8. The predicted molar refractivity (Wildman–Crippen MR) is 53.1 cm³/mol. The van der Waals surface area contributed by atoms with Gasteiger partial charge in [0.15, 0.2) is 0 Å². The van der Waals surface area contributed by atoms with E-state index in [1.165, 1.54) is 0 Å². The molecule has 0 aliphatic carbocycles. The summed E-state index contributed by atoms with van der Waals surface area (Å²) in [6.07, 6.45) is 2.90. The van der Waals surface area contributed by atoms with Crippen molar-refractivity contribution >= 4 is 5.91 Å². The zero-order valence-corrected chi connectivity index (χ0v) is 8.75. The summed E-state index contributed by atoms with van der Waals surface area (Å²) >= 11 is 0. The lowest BCUT2D eigenvalue weighted by Crippen LogP contribution is -2.23. The average Bonchev–Trinajstić information content (AvgIpc) is 2.99. The number of unbranched alkanes of at least 4 members (excludes halogenated alkanes) is 1. The van der Waals surface area contributed by atoms with Crippen LogP contribution in [-0.2, 0) is 14.3 Å². The van der Waals surface area contributed by atoms with Crippen LogP contribution >= 0.6 is 0 Å². The molecule has 1 saturated heterocycles. The van der Waals surface area contributed by atoms with Gasteiger partial charge in [0.05, 0.1) is 13.2 Å². The number of carbonyl (C=O) groups is 1. The fraction of sp³-hybridized carbons (Fsp3) is 0.900. The van der Waals surface area contributed by atoms with Crippen LogP contribution in [0.1, 0.15) is 26.2 Å². The fourth-order valence-electron chi connectivity index (χ4n) is 1.06. The Labute approximate surface area is 85.0 Å².